The highest BCUT2D eigenvalue weighted by Gasteiger charge is 2.26. The Morgan fingerprint density at radius 1 is 1.09 bits per heavy atom. The quantitative estimate of drug-likeness (QED) is 0.776. The Labute approximate surface area is 127 Å². The Morgan fingerprint density at radius 3 is 2.50 bits per heavy atom. The van der Waals surface area contributed by atoms with Gasteiger partial charge < -0.3 is 25.0 Å². The van der Waals surface area contributed by atoms with E-state index >= 15 is 0 Å². The van der Waals surface area contributed by atoms with Gasteiger partial charge in [0.15, 0.2) is 5.75 Å². The van der Waals surface area contributed by atoms with Gasteiger partial charge in [0.2, 0.25) is 5.43 Å². The zero-order chi connectivity index (χ0) is 15.3. The molecule has 22 heavy (non-hydrogen) atoms. The number of nitrogens with one attached hydrogen (secondary N) is 1. The molecule has 2 aliphatic rings. The van der Waals surface area contributed by atoms with Gasteiger partial charge in [0.1, 0.15) is 5.75 Å². The van der Waals surface area contributed by atoms with Gasteiger partial charge in [-0.1, -0.05) is 0 Å². The van der Waals surface area contributed by atoms with E-state index in [0.29, 0.717) is 11.4 Å². The standard InChI is InChI=1S/C16H19N3O3/c20-14-7-11-12(8-13(14)18-5-3-17-4-6-18)19(10-1-2-10)9-15(21)16(11)22/h7-10,17,20-21H,1-6H2. The van der Waals surface area contributed by atoms with Crippen LogP contribution in [0.5, 0.6) is 11.5 Å². The molecule has 2 heterocycles. The largest absolute Gasteiger partial charge is 0.506 e. The maximum Gasteiger partial charge on any atom is 0.231 e. The summed E-state index contributed by atoms with van der Waals surface area (Å²) in [6, 6.07) is 3.72. The van der Waals surface area contributed by atoms with Crippen LogP contribution in [0.25, 0.3) is 10.9 Å². The van der Waals surface area contributed by atoms with Crippen LogP contribution in [-0.4, -0.2) is 41.0 Å². The molecule has 0 amide bonds. The van der Waals surface area contributed by atoms with E-state index in [1.54, 1.807) is 0 Å². The number of nitrogens with zero attached hydrogens (tertiary/aromatic N) is 2. The molecule has 6 nitrogen and oxygen atoms in total. The fourth-order valence-electron chi connectivity index (χ4n) is 3.17. The number of rotatable bonds is 2. The van der Waals surface area contributed by atoms with Gasteiger partial charge in [0.05, 0.1) is 22.8 Å². The van der Waals surface area contributed by atoms with E-state index in [2.05, 4.69) is 10.2 Å². The second-order valence-electron chi connectivity index (χ2n) is 6.08. The van der Waals surface area contributed by atoms with E-state index in [4.69, 9.17) is 0 Å². The van der Waals surface area contributed by atoms with Crippen LogP contribution in [-0.2, 0) is 0 Å². The lowest BCUT2D eigenvalue weighted by atomic mass is 10.1. The smallest absolute Gasteiger partial charge is 0.231 e. The maximum absolute atomic E-state index is 12.2. The van der Waals surface area contributed by atoms with Crippen molar-refractivity contribution in [3.05, 3.63) is 28.6 Å². The average Bonchev–Trinajstić information content (AvgIpc) is 3.36. The molecule has 1 saturated heterocycles. The minimum absolute atomic E-state index is 0.0967. The van der Waals surface area contributed by atoms with Gasteiger partial charge in [0, 0.05) is 32.2 Å². The van der Waals surface area contributed by atoms with Crippen molar-refractivity contribution in [1.29, 1.82) is 0 Å². The van der Waals surface area contributed by atoms with Crippen LogP contribution in [0.2, 0.25) is 0 Å². The van der Waals surface area contributed by atoms with E-state index in [0.717, 1.165) is 50.2 Å². The van der Waals surface area contributed by atoms with Gasteiger partial charge in [-0.15, -0.1) is 0 Å². The first-order valence-corrected chi connectivity index (χ1v) is 7.71. The number of phenols is 1. The van der Waals surface area contributed by atoms with Crippen molar-refractivity contribution < 1.29 is 10.2 Å². The SMILES string of the molecule is O=c1c(O)cn(C2CC2)c2cc(N3CCNCC3)c(O)cc12. The molecule has 1 aliphatic heterocycles. The molecular formula is C16H19N3O3. The molecule has 1 aliphatic carbocycles. The second kappa shape index (κ2) is 4.91. The van der Waals surface area contributed by atoms with Gasteiger partial charge >= 0.3 is 0 Å². The van der Waals surface area contributed by atoms with Crippen molar-refractivity contribution in [1.82, 2.24) is 9.88 Å². The van der Waals surface area contributed by atoms with Crippen molar-refractivity contribution in [3.8, 4) is 11.5 Å². The summed E-state index contributed by atoms with van der Waals surface area (Å²) in [7, 11) is 0. The molecule has 116 valence electrons. The average molecular weight is 301 g/mol. The zero-order valence-electron chi connectivity index (χ0n) is 12.2. The van der Waals surface area contributed by atoms with Gasteiger partial charge in [0.25, 0.3) is 0 Å². The highest BCUT2D eigenvalue weighted by molar-refractivity contribution is 5.87. The normalized spacial score (nSPS) is 18.8. The molecule has 0 radical (unpaired) electrons. The summed E-state index contributed by atoms with van der Waals surface area (Å²) >= 11 is 0. The monoisotopic (exact) mass is 301 g/mol. The minimum Gasteiger partial charge on any atom is -0.506 e. The Hall–Kier alpha value is -2.21. The van der Waals surface area contributed by atoms with E-state index in [1.807, 2.05) is 10.6 Å². The number of hydrogen-bond acceptors (Lipinski definition) is 5. The molecule has 6 heteroatoms. The number of aromatic nitrogens is 1. The summed E-state index contributed by atoms with van der Waals surface area (Å²) in [6.45, 7) is 3.40. The molecule has 3 N–H and O–H groups in total. The van der Waals surface area contributed by atoms with E-state index in [9.17, 15) is 15.0 Å². The number of aromatic hydroxyl groups is 2. The van der Waals surface area contributed by atoms with Crippen LogP contribution in [0.3, 0.4) is 0 Å². The lowest BCUT2D eigenvalue weighted by Crippen LogP contribution is -2.43. The third-order valence-corrected chi connectivity index (χ3v) is 4.51. The molecule has 4 rings (SSSR count). The van der Waals surface area contributed by atoms with Gasteiger partial charge in [-0.3, -0.25) is 4.79 Å². The maximum atomic E-state index is 12.2. The predicted octanol–water partition coefficient (Wildman–Crippen LogP) is 1.16. The van der Waals surface area contributed by atoms with Crippen LogP contribution in [0.1, 0.15) is 18.9 Å². The third kappa shape index (κ3) is 2.11. The fourth-order valence-corrected chi connectivity index (χ4v) is 3.17. The van der Waals surface area contributed by atoms with E-state index in [1.165, 1.54) is 12.3 Å². The first kappa shape index (κ1) is 13.5. The summed E-state index contributed by atoms with van der Waals surface area (Å²) in [5, 5.41) is 23.8. The molecule has 1 aromatic carbocycles. The molecule has 0 atom stereocenters. The first-order valence-electron chi connectivity index (χ1n) is 7.71. The van der Waals surface area contributed by atoms with E-state index < -0.39 is 5.43 Å². The topological polar surface area (TPSA) is 77.7 Å². The van der Waals surface area contributed by atoms with Gasteiger partial charge in [-0.05, 0) is 25.0 Å². The van der Waals surface area contributed by atoms with Crippen LogP contribution >= 0.6 is 0 Å². The third-order valence-electron chi connectivity index (χ3n) is 4.51. The Bertz CT molecular complexity index is 789. The molecule has 2 fully saturated rings. The Balaban J connectivity index is 1.93. The molecule has 1 saturated carbocycles. The first-order chi connectivity index (χ1) is 10.6. The number of phenolic OH excluding ortho intramolecular Hbond substituents is 1. The highest BCUT2D eigenvalue weighted by Crippen LogP contribution is 2.40. The fraction of sp³-hybridized carbons (Fsp3) is 0.438. The molecule has 1 aromatic heterocycles. The predicted molar refractivity (Wildman–Crippen MR) is 84.9 cm³/mol. The number of benzene rings is 1. The summed E-state index contributed by atoms with van der Waals surface area (Å²) in [5.41, 5.74) is 1.12. The molecule has 2 aromatic rings. The Morgan fingerprint density at radius 2 is 1.82 bits per heavy atom. The van der Waals surface area contributed by atoms with Gasteiger partial charge in [-0.25, -0.2) is 0 Å². The number of piperazine rings is 1. The van der Waals surface area contributed by atoms with E-state index in [-0.39, 0.29) is 11.5 Å². The highest BCUT2D eigenvalue weighted by atomic mass is 16.3. The summed E-state index contributed by atoms with van der Waals surface area (Å²) in [4.78, 5) is 14.3. The lowest BCUT2D eigenvalue weighted by Gasteiger charge is -2.30. The molecule has 0 bridgehead atoms. The number of fused-ring (bicyclic) bond motifs is 1. The molecular weight excluding hydrogens is 282 g/mol. The van der Waals surface area contributed by atoms with Crippen LogP contribution in [0, 0.1) is 0 Å². The number of pyridine rings is 1. The molecule has 0 spiro atoms. The van der Waals surface area contributed by atoms with Crippen molar-refractivity contribution in [2.24, 2.45) is 0 Å². The zero-order valence-corrected chi connectivity index (χ0v) is 12.2. The van der Waals surface area contributed by atoms with Crippen molar-refractivity contribution in [2.75, 3.05) is 31.1 Å². The summed E-state index contributed by atoms with van der Waals surface area (Å²) in [6.07, 6.45) is 3.64. The Kier molecular flexibility index (Phi) is 3.00. The summed E-state index contributed by atoms with van der Waals surface area (Å²) in [5.74, 6) is -0.159. The van der Waals surface area contributed by atoms with Crippen molar-refractivity contribution in [3.63, 3.8) is 0 Å². The summed E-state index contributed by atoms with van der Waals surface area (Å²) < 4.78 is 1.97. The number of hydrogen-bond donors (Lipinski definition) is 3. The van der Waals surface area contributed by atoms with Crippen LogP contribution in [0.4, 0.5) is 5.69 Å². The van der Waals surface area contributed by atoms with Crippen LogP contribution in [0.15, 0.2) is 23.1 Å². The minimum atomic E-state index is -0.422. The molecule has 0 unspecified atom stereocenters. The van der Waals surface area contributed by atoms with Crippen molar-refractivity contribution >= 4 is 16.6 Å². The number of anilines is 1. The lowest BCUT2D eigenvalue weighted by molar-refractivity contribution is 0.462. The van der Waals surface area contributed by atoms with Crippen LogP contribution < -0.4 is 15.6 Å². The second-order valence-corrected chi connectivity index (χ2v) is 6.08. The van der Waals surface area contributed by atoms with Gasteiger partial charge in [-0.2, -0.15) is 0 Å². The van der Waals surface area contributed by atoms with Crippen molar-refractivity contribution in [2.45, 2.75) is 18.9 Å².